The summed E-state index contributed by atoms with van der Waals surface area (Å²) in [4.78, 5) is 0. The van der Waals surface area contributed by atoms with Crippen molar-refractivity contribution in [2.45, 2.75) is 12.8 Å². The van der Waals surface area contributed by atoms with Crippen molar-refractivity contribution in [2.24, 2.45) is 0 Å². The topological polar surface area (TPSA) is 20.2 Å². The van der Waals surface area contributed by atoms with E-state index in [0.29, 0.717) is 0 Å². The smallest absolute Gasteiger partial charge is 0.295 e. The second-order valence-electron chi connectivity index (χ2n) is 2.01. The fraction of sp³-hybridized carbons (Fsp3) is 0.200. The van der Waals surface area contributed by atoms with Crippen molar-refractivity contribution in [3.05, 3.63) is 48.6 Å². The van der Waals surface area contributed by atoms with Crippen LogP contribution in [0.15, 0.2) is 36.5 Å². The zero-order chi connectivity index (χ0) is 9.07. The Bertz CT molecular complexity index is 153. The second kappa shape index (κ2) is 14.6. The van der Waals surface area contributed by atoms with Gasteiger partial charge in [-0.2, -0.15) is 12.2 Å². The van der Waals surface area contributed by atoms with Gasteiger partial charge in [0.05, 0.1) is 11.9 Å². The molecule has 1 N–H and O–H groups in total. The maximum atomic E-state index is 6.47. The van der Waals surface area contributed by atoms with Crippen LogP contribution >= 0.6 is 11.9 Å². The Labute approximate surface area is 104 Å². The molecule has 1 nitrogen and oxygen atoms in total. The van der Waals surface area contributed by atoms with Crippen molar-refractivity contribution in [1.82, 2.24) is 0 Å². The van der Waals surface area contributed by atoms with Gasteiger partial charge in [0.2, 0.25) is 0 Å². The van der Waals surface area contributed by atoms with Crippen LogP contribution in [0.2, 0.25) is 0 Å². The number of hydrogen-bond acceptors (Lipinski definition) is 1. The molecule has 0 fully saturated rings. The van der Waals surface area contributed by atoms with Gasteiger partial charge in [-0.3, -0.25) is 16.8 Å². The first kappa shape index (κ1) is 15.6. The third-order valence-electron chi connectivity index (χ3n) is 1.17. The summed E-state index contributed by atoms with van der Waals surface area (Å²) in [6.45, 7) is 0. The molecule has 2 aliphatic rings. The molecule has 3 heteroatoms. The Morgan fingerprint density at radius 2 is 1.31 bits per heavy atom. The van der Waals surface area contributed by atoms with Gasteiger partial charge in [-0.05, 0) is 0 Å². The Morgan fingerprint density at radius 1 is 0.923 bits per heavy atom. The summed E-state index contributed by atoms with van der Waals surface area (Å²) in [6.07, 6.45) is 20.0. The molecule has 0 spiro atoms. The van der Waals surface area contributed by atoms with Gasteiger partial charge < -0.3 is 0 Å². The number of allylic oxidation sites excluding steroid dienone is 8. The van der Waals surface area contributed by atoms with E-state index in [4.69, 9.17) is 4.66 Å². The minimum Gasteiger partial charge on any atom is -0.295 e. The summed E-state index contributed by atoms with van der Waals surface area (Å²) in [5.41, 5.74) is 0. The summed E-state index contributed by atoms with van der Waals surface area (Å²) in [7, 11) is 0. The van der Waals surface area contributed by atoms with Gasteiger partial charge in [-0.25, -0.2) is 24.3 Å². The first-order valence-corrected chi connectivity index (χ1v) is 3.94. The zero-order valence-corrected chi connectivity index (χ0v) is 10.4. The summed E-state index contributed by atoms with van der Waals surface area (Å²) in [6, 6.07) is 0. The van der Waals surface area contributed by atoms with Crippen LogP contribution in [-0.4, -0.2) is 4.66 Å². The van der Waals surface area contributed by atoms with E-state index >= 15 is 0 Å². The van der Waals surface area contributed by atoms with E-state index in [-0.39, 0.29) is 26.2 Å². The molecule has 2 rings (SSSR count). The zero-order valence-electron chi connectivity index (χ0n) is 7.20. The second-order valence-corrected chi connectivity index (χ2v) is 2.01. The van der Waals surface area contributed by atoms with Crippen molar-refractivity contribution in [1.29, 1.82) is 0 Å². The number of halogens is 1. The van der Waals surface area contributed by atoms with Crippen LogP contribution in [0, 0.1) is 12.2 Å². The van der Waals surface area contributed by atoms with E-state index in [1.165, 1.54) is 0 Å². The molecule has 0 radical (unpaired) electrons. The van der Waals surface area contributed by atoms with Crippen molar-refractivity contribution >= 4 is 11.9 Å². The van der Waals surface area contributed by atoms with Crippen molar-refractivity contribution < 1.29 is 30.9 Å². The van der Waals surface area contributed by atoms with Crippen LogP contribution < -0.4 is 0 Å². The quantitative estimate of drug-likeness (QED) is 0.673. The Kier molecular flexibility index (Phi) is 17.5. The molecule has 2 aliphatic carbocycles. The first-order chi connectivity index (χ1) is 6.00. The molecule has 0 heterocycles. The van der Waals surface area contributed by atoms with Gasteiger partial charge in [-0.1, -0.05) is 0 Å². The molecule has 13 heavy (non-hydrogen) atoms. The van der Waals surface area contributed by atoms with E-state index in [1.807, 2.05) is 24.3 Å². The van der Waals surface area contributed by atoms with Crippen LogP contribution in [0.4, 0.5) is 0 Å². The monoisotopic (exact) mass is 272 g/mol. The maximum absolute atomic E-state index is 6.47. The molecular formula is C10H11ClOZr. The standard InChI is InChI=1S/2C5H5.ClHO.Zr/c2*1-2-4-5-3-1;1-2;/h2*1-3H,4H2;2H;/q2*-1;;+2. The van der Waals surface area contributed by atoms with Crippen molar-refractivity contribution in [3.63, 3.8) is 0 Å². The fourth-order valence-electron chi connectivity index (χ4n) is 0.680. The number of rotatable bonds is 0. The maximum Gasteiger partial charge on any atom is 2.00 e. The van der Waals surface area contributed by atoms with Gasteiger partial charge in [0.1, 0.15) is 0 Å². The molecule has 0 saturated heterocycles. The van der Waals surface area contributed by atoms with E-state index in [2.05, 4.69) is 36.2 Å². The minimum absolute atomic E-state index is 0. The third kappa shape index (κ3) is 12.1. The molecule has 68 valence electrons. The average molecular weight is 274 g/mol. The Balaban J connectivity index is 0. The van der Waals surface area contributed by atoms with Gasteiger partial charge in [-0.15, -0.1) is 12.8 Å². The molecular weight excluding hydrogens is 263 g/mol. The molecule has 0 aromatic carbocycles. The first-order valence-electron chi connectivity index (χ1n) is 3.60. The summed E-state index contributed by atoms with van der Waals surface area (Å²) in [5, 5.41) is 0. The Hall–Kier alpha value is 0.0931. The van der Waals surface area contributed by atoms with Crippen LogP contribution in [0.3, 0.4) is 0 Å². The Morgan fingerprint density at radius 3 is 1.38 bits per heavy atom. The third-order valence-corrected chi connectivity index (χ3v) is 1.17. The molecule has 0 aromatic rings. The summed E-state index contributed by atoms with van der Waals surface area (Å²) < 4.78 is 6.47. The molecule has 0 bridgehead atoms. The van der Waals surface area contributed by atoms with Gasteiger partial charge in [0.25, 0.3) is 0 Å². The van der Waals surface area contributed by atoms with Crippen LogP contribution in [-0.2, 0) is 26.2 Å². The molecule has 0 atom stereocenters. The minimum atomic E-state index is 0. The van der Waals surface area contributed by atoms with Gasteiger partial charge >= 0.3 is 26.2 Å². The molecule has 0 amide bonds. The molecule has 0 unspecified atom stereocenters. The normalized spacial score (nSPS) is 14.0. The summed E-state index contributed by atoms with van der Waals surface area (Å²) in [5.74, 6) is 0. The molecule has 0 aliphatic heterocycles. The van der Waals surface area contributed by atoms with E-state index in [1.54, 1.807) is 0 Å². The van der Waals surface area contributed by atoms with E-state index in [9.17, 15) is 0 Å². The largest absolute Gasteiger partial charge is 2.00 e. The number of hydrogen-bond donors (Lipinski definition) is 1. The van der Waals surface area contributed by atoms with Crippen LogP contribution in [0.5, 0.6) is 0 Å². The van der Waals surface area contributed by atoms with Crippen LogP contribution in [0.1, 0.15) is 12.8 Å². The predicted octanol–water partition coefficient (Wildman–Crippen LogP) is 2.74. The molecule has 0 saturated carbocycles. The molecule has 0 aromatic heterocycles. The van der Waals surface area contributed by atoms with E-state index < -0.39 is 0 Å². The fourth-order valence-corrected chi connectivity index (χ4v) is 0.680. The van der Waals surface area contributed by atoms with Crippen molar-refractivity contribution in [3.8, 4) is 0 Å². The van der Waals surface area contributed by atoms with E-state index in [0.717, 1.165) is 12.8 Å². The van der Waals surface area contributed by atoms with Gasteiger partial charge in [0, 0.05) is 0 Å². The summed E-state index contributed by atoms with van der Waals surface area (Å²) >= 11 is 3.64. The van der Waals surface area contributed by atoms with Gasteiger partial charge in [0.15, 0.2) is 0 Å². The van der Waals surface area contributed by atoms with Crippen molar-refractivity contribution in [2.75, 3.05) is 0 Å². The average Bonchev–Trinajstić information content (AvgIpc) is 2.87. The SMILES string of the molecule is OCl.[C-]1=CC=CC1.[C-]1=CC=CC1.[Zr+2]. The predicted molar refractivity (Wildman–Crippen MR) is 51.2 cm³/mol. The van der Waals surface area contributed by atoms with Crippen LogP contribution in [0.25, 0.3) is 0 Å².